The van der Waals surface area contributed by atoms with Crippen LogP contribution < -0.4 is 14.2 Å². The maximum Gasteiger partial charge on any atom is 0.227 e. The predicted octanol–water partition coefficient (Wildman–Crippen LogP) is 2.69. The Kier molecular flexibility index (Phi) is 6.71. The van der Waals surface area contributed by atoms with E-state index in [0.29, 0.717) is 43.6 Å². The summed E-state index contributed by atoms with van der Waals surface area (Å²) in [4.78, 5) is 14.5. The minimum absolute atomic E-state index is 0.00499. The highest BCUT2D eigenvalue weighted by Crippen LogP contribution is 2.23. The fourth-order valence-electron chi connectivity index (χ4n) is 3.02. The number of rotatable bonds is 7. The molecular weight excluding hydrogens is 365 g/mol. The number of morpholine rings is 1. The van der Waals surface area contributed by atoms with Crippen molar-refractivity contribution in [2.24, 2.45) is 0 Å². The van der Waals surface area contributed by atoms with Gasteiger partial charge in [0.2, 0.25) is 5.91 Å². The van der Waals surface area contributed by atoms with Gasteiger partial charge in [-0.25, -0.2) is 4.39 Å². The molecular formula is C21H24FNO5. The summed E-state index contributed by atoms with van der Waals surface area (Å²) in [5, 5.41) is 0. The van der Waals surface area contributed by atoms with Crippen LogP contribution in [0.3, 0.4) is 0 Å². The summed E-state index contributed by atoms with van der Waals surface area (Å²) in [7, 11) is 3.15. The van der Waals surface area contributed by atoms with E-state index in [0.717, 1.165) is 5.56 Å². The van der Waals surface area contributed by atoms with Crippen molar-refractivity contribution in [3.8, 4) is 17.2 Å². The maximum atomic E-state index is 13.0. The highest BCUT2D eigenvalue weighted by molar-refractivity contribution is 5.79. The summed E-state index contributed by atoms with van der Waals surface area (Å²) < 4.78 is 34.8. The van der Waals surface area contributed by atoms with Gasteiger partial charge in [-0.3, -0.25) is 4.79 Å². The van der Waals surface area contributed by atoms with E-state index < -0.39 is 0 Å². The van der Waals surface area contributed by atoms with Crippen LogP contribution in [0.5, 0.6) is 17.2 Å². The molecule has 28 heavy (non-hydrogen) atoms. The number of hydrogen-bond donors (Lipinski definition) is 0. The molecule has 0 N–H and O–H groups in total. The van der Waals surface area contributed by atoms with Gasteiger partial charge >= 0.3 is 0 Å². The largest absolute Gasteiger partial charge is 0.497 e. The van der Waals surface area contributed by atoms with E-state index in [2.05, 4.69) is 0 Å². The van der Waals surface area contributed by atoms with Gasteiger partial charge in [0.15, 0.2) is 0 Å². The van der Waals surface area contributed by atoms with Crippen LogP contribution in [0.2, 0.25) is 0 Å². The van der Waals surface area contributed by atoms with E-state index in [1.807, 2.05) is 12.1 Å². The molecule has 1 atom stereocenters. The van der Waals surface area contributed by atoms with Gasteiger partial charge in [-0.05, 0) is 42.0 Å². The first kappa shape index (κ1) is 19.9. The van der Waals surface area contributed by atoms with Crippen LogP contribution in [-0.4, -0.2) is 57.4 Å². The number of methoxy groups -OCH3 is 2. The molecule has 1 heterocycles. The topological polar surface area (TPSA) is 57.2 Å². The van der Waals surface area contributed by atoms with E-state index in [4.69, 9.17) is 18.9 Å². The second kappa shape index (κ2) is 9.41. The summed E-state index contributed by atoms with van der Waals surface area (Å²) in [6.45, 7) is 1.72. The molecule has 0 aliphatic carbocycles. The molecule has 150 valence electrons. The van der Waals surface area contributed by atoms with Gasteiger partial charge in [-0.2, -0.15) is 0 Å². The number of nitrogens with zero attached hydrogens (tertiary/aromatic N) is 1. The third kappa shape index (κ3) is 5.36. The van der Waals surface area contributed by atoms with Gasteiger partial charge in [-0.15, -0.1) is 0 Å². The Labute approximate surface area is 163 Å². The lowest BCUT2D eigenvalue weighted by atomic mass is 10.1. The smallest absolute Gasteiger partial charge is 0.227 e. The van der Waals surface area contributed by atoms with Crippen molar-refractivity contribution in [3.05, 3.63) is 53.8 Å². The molecule has 7 heteroatoms. The Hall–Kier alpha value is -2.80. The van der Waals surface area contributed by atoms with Crippen molar-refractivity contribution in [1.29, 1.82) is 0 Å². The van der Waals surface area contributed by atoms with Crippen molar-refractivity contribution in [2.45, 2.75) is 12.5 Å². The van der Waals surface area contributed by atoms with Crippen LogP contribution in [0.4, 0.5) is 4.39 Å². The highest BCUT2D eigenvalue weighted by Gasteiger charge is 2.25. The molecule has 0 radical (unpaired) electrons. The van der Waals surface area contributed by atoms with Crippen molar-refractivity contribution in [2.75, 3.05) is 40.5 Å². The molecule has 0 aromatic heterocycles. The van der Waals surface area contributed by atoms with Crippen LogP contribution in [0.15, 0.2) is 42.5 Å². The molecule has 0 spiro atoms. The third-order valence-electron chi connectivity index (χ3n) is 4.51. The molecule has 2 aromatic carbocycles. The molecule has 1 aliphatic rings. The van der Waals surface area contributed by atoms with E-state index in [-0.39, 0.29) is 24.2 Å². The van der Waals surface area contributed by atoms with E-state index >= 15 is 0 Å². The lowest BCUT2D eigenvalue weighted by molar-refractivity contribution is -0.139. The number of carbonyl (C=O) groups is 1. The lowest BCUT2D eigenvalue weighted by Gasteiger charge is -2.33. The molecule has 1 fully saturated rings. The number of ether oxygens (including phenoxy) is 4. The molecule has 3 rings (SSSR count). The van der Waals surface area contributed by atoms with Crippen LogP contribution in [0.1, 0.15) is 5.56 Å². The van der Waals surface area contributed by atoms with Crippen LogP contribution >= 0.6 is 0 Å². The van der Waals surface area contributed by atoms with Crippen LogP contribution in [0, 0.1) is 5.82 Å². The summed E-state index contributed by atoms with van der Waals surface area (Å²) in [5.41, 5.74) is 0.826. The molecule has 1 unspecified atom stereocenters. The SMILES string of the molecule is COc1cc(CC(=O)N2CCOC(COc3ccc(F)cc3)C2)cc(OC)c1. The molecule has 1 aliphatic heterocycles. The first-order valence-corrected chi connectivity index (χ1v) is 9.07. The van der Waals surface area contributed by atoms with Gasteiger partial charge in [-0.1, -0.05) is 0 Å². The second-order valence-electron chi connectivity index (χ2n) is 6.50. The predicted molar refractivity (Wildman–Crippen MR) is 101 cm³/mol. The minimum atomic E-state index is -0.313. The first-order valence-electron chi connectivity index (χ1n) is 9.07. The fraction of sp³-hybridized carbons (Fsp3) is 0.381. The number of hydrogen-bond acceptors (Lipinski definition) is 5. The molecule has 2 aromatic rings. The molecule has 1 saturated heterocycles. The monoisotopic (exact) mass is 389 g/mol. The summed E-state index contributed by atoms with van der Waals surface area (Å²) >= 11 is 0. The molecule has 0 bridgehead atoms. The Morgan fingerprint density at radius 3 is 2.43 bits per heavy atom. The third-order valence-corrected chi connectivity index (χ3v) is 4.51. The normalized spacial score (nSPS) is 16.5. The van der Waals surface area contributed by atoms with Gasteiger partial charge in [0.25, 0.3) is 0 Å². The van der Waals surface area contributed by atoms with Gasteiger partial charge < -0.3 is 23.8 Å². The van der Waals surface area contributed by atoms with E-state index in [1.54, 1.807) is 37.3 Å². The van der Waals surface area contributed by atoms with Crippen molar-refractivity contribution >= 4 is 5.91 Å². The molecule has 1 amide bonds. The Morgan fingerprint density at radius 1 is 1.11 bits per heavy atom. The number of carbonyl (C=O) groups excluding carboxylic acids is 1. The van der Waals surface area contributed by atoms with E-state index in [9.17, 15) is 9.18 Å². The average Bonchev–Trinajstić information content (AvgIpc) is 2.73. The van der Waals surface area contributed by atoms with Crippen molar-refractivity contribution in [3.63, 3.8) is 0 Å². The quantitative estimate of drug-likeness (QED) is 0.729. The molecule has 0 saturated carbocycles. The minimum Gasteiger partial charge on any atom is -0.497 e. The van der Waals surface area contributed by atoms with Gasteiger partial charge in [0, 0.05) is 12.6 Å². The summed E-state index contributed by atoms with van der Waals surface area (Å²) in [6.07, 6.45) is 0.0154. The molecule has 6 nitrogen and oxygen atoms in total. The summed E-state index contributed by atoms with van der Waals surface area (Å²) in [5.74, 6) is 1.55. The number of halogens is 1. The summed E-state index contributed by atoms with van der Waals surface area (Å²) in [6, 6.07) is 11.2. The standard InChI is InChI=1S/C21H24FNO5/c1-25-18-9-15(10-19(12-18)26-2)11-21(24)23-7-8-27-20(13-23)14-28-17-5-3-16(22)4-6-17/h3-6,9-10,12,20H,7-8,11,13-14H2,1-2H3. The zero-order valence-electron chi connectivity index (χ0n) is 16.0. The Morgan fingerprint density at radius 2 is 1.79 bits per heavy atom. The van der Waals surface area contributed by atoms with Crippen LogP contribution in [0.25, 0.3) is 0 Å². The Bertz CT molecular complexity index is 774. The van der Waals surface area contributed by atoms with Crippen LogP contribution in [-0.2, 0) is 16.0 Å². The first-order chi connectivity index (χ1) is 13.6. The van der Waals surface area contributed by atoms with E-state index in [1.165, 1.54) is 12.1 Å². The van der Waals surface area contributed by atoms with Gasteiger partial charge in [0.05, 0.1) is 33.8 Å². The zero-order chi connectivity index (χ0) is 19.9. The number of benzene rings is 2. The van der Waals surface area contributed by atoms with Gasteiger partial charge in [0.1, 0.15) is 35.8 Å². The number of amides is 1. The Balaban J connectivity index is 1.56. The van der Waals surface area contributed by atoms with Crippen molar-refractivity contribution in [1.82, 2.24) is 4.90 Å². The lowest BCUT2D eigenvalue weighted by Crippen LogP contribution is -2.48. The zero-order valence-corrected chi connectivity index (χ0v) is 16.0. The highest BCUT2D eigenvalue weighted by atomic mass is 19.1. The van der Waals surface area contributed by atoms with Crippen molar-refractivity contribution < 1.29 is 28.1 Å². The fourth-order valence-corrected chi connectivity index (χ4v) is 3.02. The average molecular weight is 389 g/mol. The second-order valence-corrected chi connectivity index (χ2v) is 6.50. The maximum absolute atomic E-state index is 13.0.